The van der Waals surface area contributed by atoms with Crippen LogP contribution in [0.2, 0.25) is 0 Å². The van der Waals surface area contributed by atoms with Crippen LogP contribution in [0.15, 0.2) is 38.3 Å². The predicted octanol–water partition coefficient (Wildman–Crippen LogP) is 3.11. The minimum absolute atomic E-state index is 0.125. The van der Waals surface area contributed by atoms with Gasteiger partial charge < -0.3 is 5.11 Å². The monoisotopic (exact) mass is 361 g/mol. The van der Waals surface area contributed by atoms with Crippen molar-refractivity contribution in [2.24, 2.45) is 0 Å². The zero-order valence-electron chi connectivity index (χ0n) is 10.1. The van der Waals surface area contributed by atoms with Gasteiger partial charge in [-0.15, -0.1) is 11.3 Å². The standard InChI is InChI=1S/C12H12BrNO3S2/c1-8-2-3-9(7-15)6-10(8)14-19(16,17)12-5-4-11(13)18-12/h2-6,14-15H,7H2,1H3. The zero-order chi connectivity index (χ0) is 14.0. The van der Waals surface area contributed by atoms with Crippen LogP contribution >= 0.6 is 27.3 Å². The Morgan fingerprint density at radius 3 is 2.63 bits per heavy atom. The SMILES string of the molecule is Cc1ccc(CO)cc1NS(=O)(=O)c1ccc(Br)s1. The van der Waals surface area contributed by atoms with E-state index in [0.29, 0.717) is 11.3 Å². The van der Waals surface area contributed by atoms with Gasteiger partial charge in [0.05, 0.1) is 16.1 Å². The van der Waals surface area contributed by atoms with E-state index in [1.165, 1.54) is 0 Å². The molecule has 0 bridgehead atoms. The molecule has 0 atom stereocenters. The highest BCUT2D eigenvalue weighted by molar-refractivity contribution is 9.11. The molecule has 0 radical (unpaired) electrons. The molecule has 19 heavy (non-hydrogen) atoms. The molecular formula is C12H12BrNO3S2. The number of hydrogen-bond donors (Lipinski definition) is 2. The van der Waals surface area contributed by atoms with E-state index in [-0.39, 0.29) is 10.8 Å². The molecule has 2 N–H and O–H groups in total. The van der Waals surface area contributed by atoms with Gasteiger partial charge in [0.15, 0.2) is 0 Å². The highest BCUT2D eigenvalue weighted by atomic mass is 79.9. The van der Waals surface area contributed by atoms with Crippen molar-refractivity contribution in [1.29, 1.82) is 0 Å². The minimum Gasteiger partial charge on any atom is -0.392 e. The molecule has 2 rings (SSSR count). The topological polar surface area (TPSA) is 66.4 Å². The first-order valence-corrected chi connectivity index (χ1v) is 8.50. The number of halogens is 1. The lowest BCUT2D eigenvalue weighted by Gasteiger charge is -2.10. The first-order chi connectivity index (χ1) is 8.92. The molecule has 0 unspecified atom stereocenters. The van der Waals surface area contributed by atoms with Gasteiger partial charge >= 0.3 is 0 Å². The largest absolute Gasteiger partial charge is 0.392 e. The fourth-order valence-corrected chi connectivity index (χ4v) is 4.65. The number of aliphatic hydroxyl groups is 1. The summed E-state index contributed by atoms with van der Waals surface area (Å²) >= 11 is 4.39. The maximum absolute atomic E-state index is 12.2. The third-order valence-electron chi connectivity index (χ3n) is 2.54. The van der Waals surface area contributed by atoms with E-state index in [1.54, 1.807) is 30.3 Å². The van der Waals surface area contributed by atoms with Gasteiger partial charge in [0.2, 0.25) is 0 Å². The molecule has 102 valence electrons. The van der Waals surface area contributed by atoms with E-state index < -0.39 is 10.0 Å². The zero-order valence-corrected chi connectivity index (χ0v) is 13.3. The number of aliphatic hydroxyl groups excluding tert-OH is 1. The van der Waals surface area contributed by atoms with Gasteiger partial charge in [-0.25, -0.2) is 8.42 Å². The van der Waals surface area contributed by atoms with Crippen LogP contribution in [0.3, 0.4) is 0 Å². The highest BCUT2D eigenvalue weighted by Gasteiger charge is 2.17. The van der Waals surface area contributed by atoms with Crippen molar-refractivity contribution in [2.45, 2.75) is 17.7 Å². The smallest absolute Gasteiger partial charge is 0.271 e. The molecule has 7 heteroatoms. The molecule has 0 spiro atoms. The Morgan fingerprint density at radius 2 is 2.05 bits per heavy atom. The number of rotatable bonds is 4. The Labute approximate surface area is 124 Å². The van der Waals surface area contributed by atoms with Gasteiger partial charge in [-0.2, -0.15) is 0 Å². The summed E-state index contributed by atoms with van der Waals surface area (Å²) in [6, 6.07) is 8.40. The quantitative estimate of drug-likeness (QED) is 0.878. The number of hydrogen-bond acceptors (Lipinski definition) is 4. The van der Waals surface area contributed by atoms with Crippen LogP contribution in [0.5, 0.6) is 0 Å². The van der Waals surface area contributed by atoms with E-state index in [2.05, 4.69) is 20.7 Å². The van der Waals surface area contributed by atoms with Crippen molar-refractivity contribution < 1.29 is 13.5 Å². The maximum Gasteiger partial charge on any atom is 0.271 e. The van der Waals surface area contributed by atoms with Crippen molar-refractivity contribution in [2.75, 3.05) is 4.72 Å². The maximum atomic E-state index is 12.2. The summed E-state index contributed by atoms with van der Waals surface area (Å²) in [6.07, 6.45) is 0. The number of thiophene rings is 1. The van der Waals surface area contributed by atoms with Crippen molar-refractivity contribution >= 4 is 43.0 Å². The fourth-order valence-electron chi connectivity index (χ4n) is 1.51. The molecule has 0 saturated carbocycles. The summed E-state index contributed by atoms with van der Waals surface area (Å²) < 4.78 is 27.9. The van der Waals surface area contributed by atoms with Crippen LogP contribution < -0.4 is 4.72 Å². The first-order valence-electron chi connectivity index (χ1n) is 5.41. The van der Waals surface area contributed by atoms with Gasteiger partial charge in [-0.1, -0.05) is 12.1 Å². The first kappa shape index (κ1) is 14.5. The van der Waals surface area contributed by atoms with Crippen LogP contribution in [0.1, 0.15) is 11.1 Å². The number of anilines is 1. The second-order valence-corrected chi connectivity index (χ2v) is 8.34. The summed E-state index contributed by atoms with van der Waals surface area (Å²) in [7, 11) is -3.58. The van der Waals surface area contributed by atoms with Crippen molar-refractivity contribution in [3.05, 3.63) is 45.2 Å². The molecule has 1 heterocycles. The predicted molar refractivity (Wildman–Crippen MR) is 79.9 cm³/mol. The molecule has 2 aromatic rings. The lowest BCUT2D eigenvalue weighted by atomic mass is 10.1. The van der Waals surface area contributed by atoms with Crippen LogP contribution in [-0.4, -0.2) is 13.5 Å². The lowest BCUT2D eigenvalue weighted by Crippen LogP contribution is -2.12. The Morgan fingerprint density at radius 1 is 1.32 bits per heavy atom. The lowest BCUT2D eigenvalue weighted by molar-refractivity contribution is 0.282. The highest BCUT2D eigenvalue weighted by Crippen LogP contribution is 2.28. The Balaban J connectivity index is 2.35. The van der Waals surface area contributed by atoms with E-state index in [4.69, 9.17) is 5.11 Å². The molecule has 0 saturated heterocycles. The second kappa shape index (κ2) is 5.62. The molecule has 0 aliphatic rings. The van der Waals surface area contributed by atoms with Crippen LogP contribution in [0.4, 0.5) is 5.69 Å². The molecule has 0 aliphatic carbocycles. The number of nitrogens with one attached hydrogen (secondary N) is 1. The summed E-state index contributed by atoms with van der Waals surface area (Å²) in [5.74, 6) is 0. The normalized spacial score (nSPS) is 11.5. The summed E-state index contributed by atoms with van der Waals surface area (Å²) in [5.41, 5.74) is 1.95. The van der Waals surface area contributed by atoms with E-state index in [9.17, 15) is 8.42 Å². The van der Waals surface area contributed by atoms with E-state index in [0.717, 1.165) is 20.7 Å². The van der Waals surface area contributed by atoms with Crippen LogP contribution in [-0.2, 0) is 16.6 Å². The average Bonchev–Trinajstić information content (AvgIpc) is 2.79. The van der Waals surface area contributed by atoms with Gasteiger partial charge in [0.1, 0.15) is 4.21 Å². The Hall–Kier alpha value is -0.890. The van der Waals surface area contributed by atoms with E-state index >= 15 is 0 Å². The van der Waals surface area contributed by atoms with Crippen LogP contribution in [0.25, 0.3) is 0 Å². The van der Waals surface area contributed by atoms with Crippen LogP contribution in [0, 0.1) is 6.92 Å². The molecule has 1 aromatic carbocycles. The average molecular weight is 362 g/mol. The van der Waals surface area contributed by atoms with Gasteiger partial charge in [-0.3, -0.25) is 4.72 Å². The number of aryl methyl sites for hydroxylation is 1. The number of benzene rings is 1. The second-order valence-electron chi connectivity index (χ2n) is 3.97. The third-order valence-corrected chi connectivity index (χ3v) is 6.02. The molecule has 4 nitrogen and oxygen atoms in total. The molecule has 0 fully saturated rings. The molecule has 0 amide bonds. The molecular weight excluding hydrogens is 350 g/mol. The van der Waals surface area contributed by atoms with Gasteiger partial charge in [-0.05, 0) is 52.2 Å². The third kappa shape index (κ3) is 3.36. The van der Waals surface area contributed by atoms with Gasteiger partial charge in [0.25, 0.3) is 10.0 Å². The van der Waals surface area contributed by atoms with Crippen molar-refractivity contribution in [3.8, 4) is 0 Å². The Kier molecular flexibility index (Phi) is 4.29. The van der Waals surface area contributed by atoms with Gasteiger partial charge in [0, 0.05) is 0 Å². The summed E-state index contributed by atoms with van der Waals surface area (Å²) in [4.78, 5) is 0. The van der Waals surface area contributed by atoms with E-state index in [1.807, 2.05) is 6.92 Å². The fraction of sp³-hybridized carbons (Fsp3) is 0.167. The van der Waals surface area contributed by atoms with Crippen molar-refractivity contribution in [1.82, 2.24) is 0 Å². The number of sulfonamides is 1. The Bertz CT molecular complexity index is 695. The van der Waals surface area contributed by atoms with Crippen molar-refractivity contribution in [3.63, 3.8) is 0 Å². The molecule has 1 aromatic heterocycles. The summed E-state index contributed by atoms with van der Waals surface area (Å²) in [5, 5.41) is 9.09. The minimum atomic E-state index is -3.58. The molecule has 0 aliphatic heterocycles. The summed E-state index contributed by atoms with van der Waals surface area (Å²) in [6.45, 7) is 1.68.